The third-order valence-electron chi connectivity index (χ3n) is 3.29. The van der Waals surface area contributed by atoms with Gasteiger partial charge < -0.3 is 10.1 Å². The Kier molecular flexibility index (Phi) is 4.57. The van der Waals surface area contributed by atoms with E-state index < -0.39 is 0 Å². The van der Waals surface area contributed by atoms with Crippen LogP contribution in [0, 0.1) is 6.92 Å². The summed E-state index contributed by atoms with van der Waals surface area (Å²) in [6, 6.07) is 16.9. The average Bonchev–Trinajstić information content (AvgIpc) is 2.54. The fourth-order valence-electron chi connectivity index (χ4n) is 2.29. The number of rotatable bonds is 4. The summed E-state index contributed by atoms with van der Waals surface area (Å²) in [7, 11) is 0. The van der Waals surface area contributed by atoms with Crippen molar-refractivity contribution in [1.29, 1.82) is 0 Å². The lowest BCUT2D eigenvalue weighted by Crippen LogP contribution is -2.20. The molecule has 3 rings (SSSR count). The van der Waals surface area contributed by atoms with Crippen molar-refractivity contribution in [2.24, 2.45) is 0 Å². The van der Waals surface area contributed by atoms with Crippen molar-refractivity contribution in [3.63, 3.8) is 0 Å². The van der Waals surface area contributed by atoms with Gasteiger partial charge in [0.2, 0.25) is 0 Å². The number of amides is 1. The number of carbonyl (C=O) groups excluding carboxylic acids is 1. The Hall–Kier alpha value is -2.40. The minimum atomic E-state index is -0.208. The molecule has 4 nitrogen and oxygen atoms in total. The van der Waals surface area contributed by atoms with E-state index in [1.807, 2.05) is 61.5 Å². The Morgan fingerprint density at radius 3 is 2.74 bits per heavy atom. The van der Waals surface area contributed by atoms with Crippen molar-refractivity contribution in [3.05, 3.63) is 64.8 Å². The highest BCUT2D eigenvalue weighted by Gasteiger charge is 2.09. The van der Waals surface area contributed by atoms with E-state index in [9.17, 15) is 4.79 Å². The summed E-state index contributed by atoms with van der Waals surface area (Å²) < 4.78 is 6.41. The number of nitrogens with one attached hydrogen (secondary N) is 1. The Labute approximate surface area is 142 Å². The van der Waals surface area contributed by atoms with Gasteiger partial charge in [-0.05, 0) is 43.3 Å². The maximum absolute atomic E-state index is 12.2. The molecule has 3 aromatic rings. The largest absolute Gasteiger partial charge is 0.484 e. The van der Waals surface area contributed by atoms with E-state index in [1.165, 1.54) is 0 Å². The minimum Gasteiger partial charge on any atom is -0.484 e. The number of pyridine rings is 1. The van der Waals surface area contributed by atoms with Crippen molar-refractivity contribution >= 4 is 38.4 Å². The van der Waals surface area contributed by atoms with Crippen molar-refractivity contribution in [2.45, 2.75) is 6.92 Å². The van der Waals surface area contributed by atoms with E-state index in [-0.39, 0.29) is 12.5 Å². The van der Waals surface area contributed by atoms with Crippen LogP contribution >= 0.6 is 15.9 Å². The average molecular weight is 371 g/mol. The number of carbonyl (C=O) groups is 1. The van der Waals surface area contributed by atoms with Crippen LogP contribution in [0.25, 0.3) is 10.9 Å². The zero-order valence-electron chi connectivity index (χ0n) is 12.5. The van der Waals surface area contributed by atoms with Gasteiger partial charge in [0, 0.05) is 15.6 Å². The normalized spacial score (nSPS) is 10.5. The van der Waals surface area contributed by atoms with Crippen LogP contribution in [0.5, 0.6) is 5.75 Å². The van der Waals surface area contributed by atoms with Gasteiger partial charge in [-0.3, -0.25) is 9.78 Å². The molecule has 23 heavy (non-hydrogen) atoms. The molecular weight excluding hydrogens is 356 g/mol. The second-order valence-corrected chi connectivity index (χ2v) is 6.04. The molecule has 116 valence electrons. The zero-order chi connectivity index (χ0) is 16.2. The van der Waals surface area contributed by atoms with Gasteiger partial charge in [0.25, 0.3) is 5.91 Å². The lowest BCUT2D eigenvalue weighted by atomic mass is 10.1. The third kappa shape index (κ3) is 3.87. The van der Waals surface area contributed by atoms with E-state index in [2.05, 4.69) is 26.2 Å². The van der Waals surface area contributed by atoms with Gasteiger partial charge in [0.15, 0.2) is 6.61 Å². The van der Waals surface area contributed by atoms with Crippen LogP contribution in [-0.4, -0.2) is 17.5 Å². The number of para-hydroxylation sites is 1. The van der Waals surface area contributed by atoms with E-state index in [0.717, 1.165) is 26.8 Å². The Bertz CT molecular complexity index is 850. The topological polar surface area (TPSA) is 51.2 Å². The van der Waals surface area contributed by atoms with Gasteiger partial charge in [-0.2, -0.15) is 0 Å². The molecule has 0 atom stereocenters. The van der Waals surface area contributed by atoms with Gasteiger partial charge in [-0.15, -0.1) is 0 Å². The summed E-state index contributed by atoms with van der Waals surface area (Å²) in [6.45, 7) is 1.86. The summed E-state index contributed by atoms with van der Waals surface area (Å²) >= 11 is 3.45. The molecule has 0 saturated carbocycles. The molecule has 1 aromatic heterocycles. The number of anilines is 1. The molecule has 2 aromatic carbocycles. The molecule has 5 heteroatoms. The monoisotopic (exact) mass is 370 g/mol. The first-order valence-electron chi connectivity index (χ1n) is 7.16. The number of hydrogen-bond acceptors (Lipinski definition) is 3. The first kappa shape index (κ1) is 15.5. The first-order valence-corrected chi connectivity index (χ1v) is 7.96. The zero-order valence-corrected chi connectivity index (χ0v) is 14.1. The van der Waals surface area contributed by atoms with Crippen LogP contribution in [0.15, 0.2) is 59.1 Å². The first-order chi connectivity index (χ1) is 11.1. The van der Waals surface area contributed by atoms with E-state index in [0.29, 0.717) is 5.75 Å². The Balaban J connectivity index is 1.78. The summed E-state index contributed by atoms with van der Waals surface area (Å²) in [6.07, 6.45) is 0. The lowest BCUT2D eigenvalue weighted by molar-refractivity contribution is -0.118. The standard InChI is InChI=1S/C18H15BrN2O2/c1-12-9-17(15-10-13(19)7-8-16(15)20-12)21-18(22)11-23-14-5-3-2-4-6-14/h2-10H,11H2,1H3,(H,20,21,22). The van der Waals surface area contributed by atoms with Gasteiger partial charge in [-0.25, -0.2) is 0 Å². The minimum absolute atomic E-state index is 0.0408. The van der Waals surface area contributed by atoms with E-state index in [1.54, 1.807) is 0 Å². The number of nitrogens with zero attached hydrogens (tertiary/aromatic N) is 1. The maximum Gasteiger partial charge on any atom is 0.262 e. The van der Waals surface area contributed by atoms with Crippen molar-refractivity contribution in [3.8, 4) is 5.75 Å². The van der Waals surface area contributed by atoms with Gasteiger partial charge >= 0.3 is 0 Å². The molecule has 1 amide bonds. The van der Waals surface area contributed by atoms with Gasteiger partial charge in [0.05, 0.1) is 11.2 Å². The van der Waals surface area contributed by atoms with Crippen LogP contribution in [-0.2, 0) is 4.79 Å². The van der Waals surface area contributed by atoms with E-state index in [4.69, 9.17) is 4.74 Å². The smallest absolute Gasteiger partial charge is 0.262 e. The Morgan fingerprint density at radius 2 is 1.96 bits per heavy atom. The molecule has 0 bridgehead atoms. The number of halogens is 1. The summed E-state index contributed by atoms with van der Waals surface area (Å²) in [5, 5.41) is 3.79. The molecule has 0 aliphatic rings. The SMILES string of the molecule is Cc1cc(NC(=O)COc2ccccc2)c2cc(Br)ccc2n1. The fourth-order valence-corrected chi connectivity index (χ4v) is 2.65. The van der Waals surface area contributed by atoms with Gasteiger partial charge in [-0.1, -0.05) is 34.1 Å². The number of benzene rings is 2. The second kappa shape index (κ2) is 6.79. The molecule has 0 fully saturated rings. The number of aromatic nitrogens is 1. The van der Waals surface area contributed by atoms with Crippen LogP contribution in [0.2, 0.25) is 0 Å². The van der Waals surface area contributed by atoms with Crippen molar-refractivity contribution < 1.29 is 9.53 Å². The highest BCUT2D eigenvalue weighted by Crippen LogP contribution is 2.26. The molecule has 1 N–H and O–H groups in total. The maximum atomic E-state index is 12.2. The summed E-state index contributed by atoms with van der Waals surface area (Å²) in [5.74, 6) is 0.460. The molecule has 1 heterocycles. The van der Waals surface area contributed by atoms with Gasteiger partial charge in [0.1, 0.15) is 5.75 Å². The van der Waals surface area contributed by atoms with Crippen LogP contribution in [0.3, 0.4) is 0 Å². The van der Waals surface area contributed by atoms with Crippen LogP contribution < -0.4 is 10.1 Å². The number of ether oxygens (including phenoxy) is 1. The van der Waals surface area contributed by atoms with E-state index >= 15 is 0 Å². The summed E-state index contributed by atoms with van der Waals surface area (Å²) in [5.41, 5.74) is 2.42. The lowest BCUT2D eigenvalue weighted by Gasteiger charge is -2.11. The second-order valence-electron chi connectivity index (χ2n) is 5.12. The van der Waals surface area contributed by atoms with Crippen LogP contribution in [0.4, 0.5) is 5.69 Å². The fraction of sp³-hybridized carbons (Fsp3) is 0.111. The quantitative estimate of drug-likeness (QED) is 0.743. The van der Waals surface area contributed by atoms with Crippen molar-refractivity contribution in [2.75, 3.05) is 11.9 Å². The summed E-state index contributed by atoms with van der Waals surface area (Å²) in [4.78, 5) is 16.6. The number of hydrogen-bond donors (Lipinski definition) is 1. The molecule has 0 saturated heterocycles. The predicted octanol–water partition coefficient (Wildman–Crippen LogP) is 4.32. The highest BCUT2D eigenvalue weighted by molar-refractivity contribution is 9.10. The number of aryl methyl sites for hydroxylation is 1. The molecule has 0 aliphatic heterocycles. The predicted molar refractivity (Wildman–Crippen MR) is 94.7 cm³/mol. The molecule has 0 spiro atoms. The van der Waals surface area contributed by atoms with Crippen LogP contribution in [0.1, 0.15) is 5.69 Å². The molecule has 0 radical (unpaired) electrons. The molecular formula is C18H15BrN2O2. The Morgan fingerprint density at radius 1 is 1.17 bits per heavy atom. The number of fused-ring (bicyclic) bond motifs is 1. The van der Waals surface area contributed by atoms with Crippen molar-refractivity contribution in [1.82, 2.24) is 4.98 Å². The highest BCUT2D eigenvalue weighted by atomic mass is 79.9. The molecule has 0 aliphatic carbocycles. The molecule has 0 unspecified atom stereocenters. The third-order valence-corrected chi connectivity index (χ3v) is 3.78.